The van der Waals surface area contributed by atoms with E-state index in [1.807, 2.05) is 48.6 Å². The largest absolute Gasteiger partial charge is 0.0991 e. The monoisotopic (exact) mass is 310 g/mol. The van der Waals surface area contributed by atoms with E-state index in [4.69, 9.17) is 0 Å². The van der Waals surface area contributed by atoms with Crippen molar-refractivity contribution in [3.63, 3.8) is 0 Å². The van der Waals surface area contributed by atoms with Gasteiger partial charge in [-0.15, -0.1) is 0 Å². The highest BCUT2D eigenvalue weighted by Crippen LogP contribution is 2.08. The smallest absolute Gasteiger partial charge is 0.0348 e. The number of unbranched alkanes of at least 4 members (excludes halogenated alkanes) is 7. The molecule has 126 valence electrons. The van der Waals surface area contributed by atoms with E-state index in [-0.39, 0.29) is 0 Å². The van der Waals surface area contributed by atoms with Gasteiger partial charge in [0, 0.05) is 0 Å². The Morgan fingerprint density at radius 3 is 1.48 bits per heavy atom. The maximum atomic E-state index is 3.61. The Morgan fingerprint density at radius 2 is 0.957 bits per heavy atom. The summed E-state index contributed by atoms with van der Waals surface area (Å²) in [6.07, 6.45) is 37.1. The maximum Gasteiger partial charge on any atom is -0.0348 e. The molecule has 0 radical (unpaired) electrons. The molecule has 0 aromatic rings. The maximum absolute atomic E-state index is 3.61. The van der Waals surface area contributed by atoms with E-state index in [0.29, 0.717) is 0 Å². The van der Waals surface area contributed by atoms with Crippen LogP contribution in [0.25, 0.3) is 0 Å². The van der Waals surface area contributed by atoms with E-state index in [1.165, 1.54) is 51.4 Å². The van der Waals surface area contributed by atoms with Crippen LogP contribution in [0, 0.1) is 0 Å². The third-order valence-electron chi connectivity index (χ3n) is 3.36. The lowest BCUT2D eigenvalue weighted by Crippen LogP contribution is -1.78. The molecule has 23 heavy (non-hydrogen) atoms. The fourth-order valence-corrected chi connectivity index (χ4v) is 2.05. The highest BCUT2D eigenvalue weighted by molar-refractivity contribution is 5.20. The van der Waals surface area contributed by atoms with Crippen molar-refractivity contribution in [1.29, 1.82) is 0 Å². The molecule has 0 aromatic carbocycles. The fraction of sp³-hybridized carbons (Fsp3) is 0.391. The van der Waals surface area contributed by atoms with E-state index in [0.717, 1.165) is 0 Å². The van der Waals surface area contributed by atoms with Crippen LogP contribution in [-0.4, -0.2) is 0 Å². The van der Waals surface area contributed by atoms with Crippen molar-refractivity contribution in [2.45, 2.75) is 58.3 Å². The third kappa shape index (κ3) is 20.2. The summed E-state index contributed by atoms with van der Waals surface area (Å²) in [5.74, 6) is 0. The minimum Gasteiger partial charge on any atom is -0.0991 e. The summed E-state index contributed by atoms with van der Waals surface area (Å²) in [7, 11) is 0. The van der Waals surface area contributed by atoms with Gasteiger partial charge in [0.25, 0.3) is 0 Å². The number of rotatable bonds is 14. The second kappa shape index (κ2) is 20.2. The molecule has 0 atom stereocenters. The van der Waals surface area contributed by atoms with Crippen LogP contribution >= 0.6 is 0 Å². The summed E-state index contributed by atoms with van der Waals surface area (Å²) in [4.78, 5) is 0. The van der Waals surface area contributed by atoms with Crippen molar-refractivity contribution in [1.82, 2.24) is 0 Å². The standard InChI is InChI=1S/C23H34/c1-3-5-7-9-11-13-15-17-19-21-23-22-20-18-16-14-12-10-8-6-4-2/h3,5,7,9,11,13,15,17,19-23H,1,4,6,8,10,12,14,16,18H2,2H3/b7-5+,11-9+,15-13+,19-17+,22-20+,23-21+. The van der Waals surface area contributed by atoms with Crippen molar-refractivity contribution >= 4 is 0 Å². The first-order valence-corrected chi connectivity index (χ1v) is 9.02. The average molecular weight is 311 g/mol. The van der Waals surface area contributed by atoms with Gasteiger partial charge in [0.1, 0.15) is 0 Å². The van der Waals surface area contributed by atoms with Gasteiger partial charge in [0.15, 0.2) is 0 Å². The lowest BCUT2D eigenvalue weighted by molar-refractivity contribution is 0.592. The molecule has 0 amide bonds. The summed E-state index contributed by atoms with van der Waals surface area (Å²) in [5, 5.41) is 0. The van der Waals surface area contributed by atoms with Crippen LogP contribution < -0.4 is 0 Å². The number of hydrogen-bond donors (Lipinski definition) is 0. The van der Waals surface area contributed by atoms with Crippen molar-refractivity contribution in [3.8, 4) is 0 Å². The first-order valence-electron chi connectivity index (χ1n) is 9.02. The van der Waals surface area contributed by atoms with E-state index in [1.54, 1.807) is 6.08 Å². The minimum absolute atomic E-state index is 1.20. The normalized spacial score (nSPS) is 13.1. The number of hydrogen-bond acceptors (Lipinski definition) is 0. The molecule has 0 saturated carbocycles. The molecule has 0 rings (SSSR count). The molecular formula is C23H34. The van der Waals surface area contributed by atoms with E-state index < -0.39 is 0 Å². The van der Waals surface area contributed by atoms with Crippen LogP contribution in [0.2, 0.25) is 0 Å². The van der Waals surface area contributed by atoms with Gasteiger partial charge in [0.05, 0.1) is 0 Å². The Labute approximate surface area is 144 Å². The molecule has 0 nitrogen and oxygen atoms in total. The highest BCUT2D eigenvalue weighted by Gasteiger charge is 1.88. The first kappa shape index (κ1) is 21.2. The van der Waals surface area contributed by atoms with Gasteiger partial charge in [-0.25, -0.2) is 0 Å². The van der Waals surface area contributed by atoms with Crippen LogP contribution in [-0.2, 0) is 0 Å². The fourth-order valence-electron chi connectivity index (χ4n) is 2.05. The van der Waals surface area contributed by atoms with Gasteiger partial charge in [-0.1, -0.05) is 131 Å². The topological polar surface area (TPSA) is 0 Å². The first-order chi connectivity index (χ1) is 11.4. The predicted molar refractivity (Wildman–Crippen MR) is 108 cm³/mol. The SMILES string of the molecule is C=C/C=C/C=C/C=C/C=C/C=C/C=C/CCCCCCCCC. The quantitative estimate of drug-likeness (QED) is 0.228. The van der Waals surface area contributed by atoms with Gasteiger partial charge in [0.2, 0.25) is 0 Å². The second-order valence-corrected chi connectivity index (χ2v) is 5.50. The average Bonchev–Trinajstić information content (AvgIpc) is 2.57. The molecule has 0 saturated heterocycles. The zero-order valence-electron chi connectivity index (χ0n) is 14.9. The Bertz CT molecular complexity index is 413. The van der Waals surface area contributed by atoms with Crippen LogP contribution in [0.15, 0.2) is 85.6 Å². The number of allylic oxidation sites excluding steroid dienone is 13. The zero-order chi connectivity index (χ0) is 16.8. The summed E-state index contributed by atoms with van der Waals surface area (Å²) in [6, 6.07) is 0. The molecule has 0 aliphatic heterocycles. The summed E-state index contributed by atoms with van der Waals surface area (Å²) < 4.78 is 0. The van der Waals surface area contributed by atoms with Crippen molar-refractivity contribution in [2.24, 2.45) is 0 Å². The van der Waals surface area contributed by atoms with Crippen molar-refractivity contribution in [2.75, 3.05) is 0 Å². The summed E-state index contributed by atoms with van der Waals surface area (Å²) >= 11 is 0. The van der Waals surface area contributed by atoms with Crippen LogP contribution in [0.1, 0.15) is 58.3 Å². The van der Waals surface area contributed by atoms with Gasteiger partial charge in [-0.05, 0) is 12.8 Å². The molecule has 0 heterocycles. The molecular weight excluding hydrogens is 276 g/mol. The molecule has 0 heteroatoms. The van der Waals surface area contributed by atoms with E-state index in [9.17, 15) is 0 Å². The van der Waals surface area contributed by atoms with Crippen LogP contribution in [0.4, 0.5) is 0 Å². The second-order valence-electron chi connectivity index (χ2n) is 5.50. The molecule has 0 unspecified atom stereocenters. The van der Waals surface area contributed by atoms with E-state index in [2.05, 4.69) is 37.8 Å². The van der Waals surface area contributed by atoms with Crippen molar-refractivity contribution in [3.05, 3.63) is 85.6 Å². The van der Waals surface area contributed by atoms with E-state index >= 15 is 0 Å². The van der Waals surface area contributed by atoms with Crippen LogP contribution in [0.5, 0.6) is 0 Å². The zero-order valence-corrected chi connectivity index (χ0v) is 14.9. The molecule has 0 aliphatic rings. The highest BCUT2D eigenvalue weighted by atomic mass is 13.9. The summed E-state index contributed by atoms with van der Waals surface area (Å²) in [6.45, 7) is 5.88. The lowest BCUT2D eigenvalue weighted by atomic mass is 10.1. The predicted octanol–water partition coefficient (Wildman–Crippen LogP) is 7.65. The Balaban J connectivity index is 3.52. The summed E-state index contributed by atoms with van der Waals surface area (Å²) in [5.41, 5.74) is 0. The van der Waals surface area contributed by atoms with Crippen LogP contribution in [0.3, 0.4) is 0 Å². The molecule has 0 bridgehead atoms. The molecule has 0 fully saturated rings. The van der Waals surface area contributed by atoms with Gasteiger partial charge >= 0.3 is 0 Å². The molecule has 0 aromatic heterocycles. The Morgan fingerprint density at radius 1 is 0.522 bits per heavy atom. The van der Waals surface area contributed by atoms with Crippen molar-refractivity contribution < 1.29 is 0 Å². The minimum atomic E-state index is 1.20. The van der Waals surface area contributed by atoms with Gasteiger partial charge < -0.3 is 0 Å². The van der Waals surface area contributed by atoms with Gasteiger partial charge in [-0.3, -0.25) is 0 Å². The third-order valence-corrected chi connectivity index (χ3v) is 3.36. The Hall–Kier alpha value is -1.82. The molecule has 0 spiro atoms. The Kier molecular flexibility index (Phi) is 18.6. The molecule has 0 aliphatic carbocycles. The lowest BCUT2D eigenvalue weighted by Gasteiger charge is -1.98. The molecule has 0 N–H and O–H groups in total. The van der Waals surface area contributed by atoms with Gasteiger partial charge in [-0.2, -0.15) is 0 Å².